The minimum atomic E-state index is -1.33. The van der Waals surface area contributed by atoms with E-state index in [-0.39, 0.29) is 16.2 Å². The number of halogens is 2. The van der Waals surface area contributed by atoms with Crippen molar-refractivity contribution in [1.29, 1.82) is 0 Å². The van der Waals surface area contributed by atoms with Gasteiger partial charge in [0.2, 0.25) is 0 Å². The van der Waals surface area contributed by atoms with Gasteiger partial charge in [0.1, 0.15) is 5.82 Å². The fraction of sp³-hybridized carbons (Fsp3) is 0.150. The number of rotatable bonds is 4. The summed E-state index contributed by atoms with van der Waals surface area (Å²) in [7, 11) is 0. The van der Waals surface area contributed by atoms with Crippen molar-refractivity contribution in [2.24, 2.45) is 0 Å². The Morgan fingerprint density at radius 2 is 1.76 bits per heavy atom. The first kappa shape index (κ1) is 20.3. The van der Waals surface area contributed by atoms with Gasteiger partial charge in [0.15, 0.2) is 5.57 Å². The molecule has 0 bridgehead atoms. The number of amides is 1. The molecule has 1 heterocycles. The van der Waals surface area contributed by atoms with Crippen LogP contribution in [0.3, 0.4) is 0 Å². The summed E-state index contributed by atoms with van der Waals surface area (Å²) in [5.74, 6) is -4.01. The van der Waals surface area contributed by atoms with E-state index in [1.807, 2.05) is 0 Å². The highest BCUT2D eigenvalue weighted by Crippen LogP contribution is 2.23. The van der Waals surface area contributed by atoms with E-state index in [0.29, 0.717) is 11.4 Å². The van der Waals surface area contributed by atoms with Crippen molar-refractivity contribution in [2.45, 2.75) is 19.6 Å². The Morgan fingerprint density at radius 1 is 1.07 bits per heavy atom. The first-order valence-corrected chi connectivity index (χ1v) is 8.82. The summed E-state index contributed by atoms with van der Waals surface area (Å²) in [6, 6.07) is 10.1. The molecule has 0 spiro atoms. The summed E-state index contributed by atoms with van der Waals surface area (Å²) < 4.78 is 23.2. The molecule has 0 unspecified atom stereocenters. The number of benzene rings is 2. The number of esters is 2. The molecule has 0 radical (unpaired) electrons. The van der Waals surface area contributed by atoms with Crippen molar-refractivity contribution in [3.63, 3.8) is 0 Å². The molecule has 29 heavy (non-hydrogen) atoms. The number of nitrogens with one attached hydrogen (secondary N) is 2. The number of hydrogen-bond donors (Lipinski definition) is 2. The van der Waals surface area contributed by atoms with Gasteiger partial charge in [-0.25, -0.2) is 14.0 Å². The summed E-state index contributed by atoms with van der Waals surface area (Å²) in [5.41, 5.74) is 0.744. The lowest BCUT2D eigenvalue weighted by molar-refractivity contribution is -0.222. The van der Waals surface area contributed by atoms with E-state index in [9.17, 15) is 18.8 Å². The van der Waals surface area contributed by atoms with Crippen LogP contribution in [-0.4, -0.2) is 23.6 Å². The van der Waals surface area contributed by atoms with Crippen molar-refractivity contribution in [3.8, 4) is 0 Å². The van der Waals surface area contributed by atoms with Gasteiger partial charge in [-0.2, -0.15) is 0 Å². The van der Waals surface area contributed by atoms with E-state index in [0.717, 1.165) is 12.3 Å². The highest BCUT2D eigenvalue weighted by Gasteiger charge is 2.38. The molecule has 7 nitrogen and oxygen atoms in total. The predicted molar refractivity (Wildman–Crippen MR) is 104 cm³/mol. The number of hydrogen-bond acceptors (Lipinski definition) is 6. The smallest absolute Gasteiger partial charge is 0.350 e. The van der Waals surface area contributed by atoms with Crippen LogP contribution < -0.4 is 10.6 Å². The second-order valence-corrected chi connectivity index (χ2v) is 6.95. The maximum absolute atomic E-state index is 13.2. The van der Waals surface area contributed by atoms with E-state index in [4.69, 9.17) is 21.1 Å². The molecule has 2 aromatic rings. The predicted octanol–water partition coefficient (Wildman–Crippen LogP) is 3.86. The van der Waals surface area contributed by atoms with Crippen LogP contribution in [0.1, 0.15) is 24.2 Å². The first-order valence-electron chi connectivity index (χ1n) is 8.44. The Morgan fingerprint density at radius 3 is 2.41 bits per heavy atom. The van der Waals surface area contributed by atoms with Gasteiger partial charge in [0.25, 0.3) is 11.7 Å². The largest absolute Gasteiger partial charge is 0.419 e. The molecule has 1 amide bonds. The molecule has 2 aromatic carbocycles. The van der Waals surface area contributed by atoms with Crippen LogP contribution in [0.2, 0.25) is 5.02 Å². The van der Waals surface area contributed by atoms with Crippen molar-refractivity contribution in [3.05, 3.63) is 70.6 Å². The Bertz CT molecular complexity index is 1010. The molecule has 1 saturated heterocycles. The molecule has 3 rings (SSSR count). The first-order chi connectivity index (χ1) is 13.6. The van der Waals surface area contributed by atoms with Gasteiger partial charge < -0.3 is 20.1 Å². The van der Waals surface area contributed by atoms with Crippen molar-refractivity contribution in [1.82, 2.24) is 0 Å². The summed E-state index contributed by atoms with van der Waals surface area (Å²) in [6.45, 7) is 2.90. The quantitative estimate of drug-likeness (QED) is 0.445. The molecule has 1 fully saturated rings. The fourth-order valence-corrected chi connectivity index (χ4v) is 2.64. The van der Waals surface area contributed by atoms with Crippen LogP contribution in [0.15, 0.2) is 54.2 Å². The van der Waals surface area contributed by atoms with Gasteiger partial charge in [-0.3, -0.25) is 4.79 Å². The summed E-state index contributed by atoms with van der Waals surface area (Å²) >= 11 is 5.71. The van der Waals surface area contributed by atoms with Gasteiger partial charge >= 0.3 is 11.9 Å². The molecule has 1 aliphatic heterocycles. The topological polar surface area (TPSA) is 93.7 Å². The summed E-state index contributed by atoms with van der Waals surface area (Å²) in [5, 5.41) is 5.25. The molecule has 150 valence electrons. The Labute approximate surface area is 170 Å². The molecule has 0 aromatic heterocycles. The minimum Gasteiger partial charge on any atom is -0.419 e. The lowest BCUT2D eigenvalue weighted by Gasteiger charge is -2.29. The molecule has 2 N–H and O–H groups in total. The molecular weight excluding hydrogens is 403 g/mol. The van der Waals surface area contributed by atoms with Gasteiger partial charge in [-0.15, -0.1) is 0 Å². The van der Waals surface area contributed by atoms with Gasteiger partial charge in [0.05, 0.1) is 5.02 Å². The zero-order valence-electron chi connectivity index (χ0n) is 15.4. The lowest BCUT2D eigenvalue weighted by Crippen LogP contribution is -2.42. The van der Waals surface area contributed by atoms with Crippen LogP contribution in [0.25, 0.3) is 0 Å². The summed E-state index contributed by atoms with van der Waals surface area (Å²) in [4.78, 5) is 36.3. The second kappa shape index (κ2) is 7.92. The number of ether oxygens (including phenoxy) is 2. The SMILES string of the molecule is CC1(C)OC(=O)C(=CNc2cccc(C(=O)Nc3ccc(F)c(Cl)c3)c2)C(=O)O1. The molecule has 0 atom stereocenters. The van der Waals surface area contributed by atoms with E-state index >= 15 is 0 Å². The monoisotopic (exact) mass is 418 g/mol. The Kier molecular flexibility index (Phi) is 5.56. The average Bonchev–Trinajstić information content (AvgIpc) is 2.63. The van der Waals surface area contributed by atoms with Crippen molar-refractivity contribution < 1.29 is 28.2 Å². The Balaban J connectivity index is 1.72. The minimum absolute atomic E-state index is 0.112. The highest BCUT2D eigenvalue weighted by atomic mass is 35.5. The van der Waals surface area contributed by atoms with E-state index in [2.05, 4.69) is 10.6 Å². The molecule has 1 aliphatic rings. The summed E-state index contributed by atoms with van der Waals surface area (Å²) in [6.07, 6.45) is 1.15. The zero-order valence-corrected chi connectivity index (χ0v) is 16.2. The average molecular weight is 419 g/mol. The number of carbonyl (C=O) groups is 3. The van der Waals surface area contributed by atoms with Crippen LogP contribution in [0.4, 0.5) is 15.8 Å². The highest BCUT2D eigenvalue weighted by molar-refractivity contribution is 6.31. The van der Waals surface area contributed by atoms with Gasteiger partial charge in [-0.1, -0.05) is 17.7 Å². The third-order valence-corrected chi connectivity index (χ3v) is 4.09. The zero-order chi connectivity index (χ0) is 21.2. The van der Waals surface area contributed by atoms with E-state index < -0.39 is 29.5 Å². The number of carbonyl (C=O) groups excluding carboxylic acids is 3. The normalized spacial score (nSPS) is 15.2. The third kappa shape index (κ3) is 4.91. The van der Waals surface area contributed by atoms with Crippen LogP contribution in [0, 0.1) is 5.82 Å². The van der Waals surface area contributed by atoms with Crippen molar-refractivity contribution >= 4 is 40.8 Å². The third-order valence-electron chi connectivity index (χ3n) is 3.80. The number of cyclic esters (lactones) is 2. The van der Waals surface area contributed by atoms with Gasteiger partial charge in [0, 0.05) is 37.0 Å². The van der Waals surface area contributed by atoms with E-state index in [1.165, 1.54) is 32.0 Å². The maximum Gasteiger partial charge on any atom is 0.350 e. The Hall–Kier alpha value is -3.39. The standard InChI is InChI=1S/C20H16ClFN2O5/c1-20(2)28-18(26)14(19(27)29-20)10-23-12-5-3-4-11(8-12)17(25)24-13-6-7-16(22)15(21)9-13/h3-10,23H,1-2H3,(H,24,25). The molecule has 9 heteroatoms. The van der Waals surface area contributed by atoms with Crippen LogP contribution in [0.5, 0.6) is 0 Å². The molecule has 0 aliphatic carbocycles. The molecule has 0 saturated carbocycles. The second-order valence-electron chi connectivity index (χ2n) is 6.55. The maximum atomic E-state index is 13.2. The lowest BCUT2D eigenvalue weighted by atomic mass is 10.1. The van der Waals surface area contributed by atoms with Crippen molar-refractivity contribution in [2.75, 3.05) is 10.6 Å². The number of anilines is 2. The molecular formula is C20H16ClFN2O5. The van der Waals surface area contributed by atoms with Crippen LogP contribution in [-0.2, 0) is 19.1 Å². The van der Waals surface area contributed by atoms with Gasteiger partial charge in [-0.05, 0) is 36.4 Å². The fourth-order valence-electron chi connectivity index (χ4n) is 2.46. The van der Waals surface area contributed by atoms with Crippen LogP contribution >= 0.6 is 11.6 Å². The van der Waals surface area contributed by atoms with E-state index in [1.54, 1.807) is 18.2 Å².